The summed E-state index contributed by atoms with van der Waals surface area (Å²) in [4.78, 5) is 24.0. The Labute approximate surface area is 305 Å². The zero-order chi connectivity index (χ0) is 36.9. The molecule has 290 valence electrons. The Morgan fingerprint density at radius 3 is 1.38 bits per heavy atom. The highest BCUT2D eigenvalue weighted by molar-refractivity contribution is 5.69. The third-order valence-electron chi connectivity index (χ3n) is 8.68. The van der Waals surface area contributed by atoms with Crippen molar-refractivity contribution < 1.29 is 39.5 Å². The van der Waals surface area contributed by atoms with Crippen LogP contribution in [0.5, 0.6) is 0 Å². The normalized spacial score (nSPS) is 14.6. The van der Waals surface area contributed by atoms with Gasteiger partial charge in [-0.25, -0.2) is 0 Å². The molecule has 0 saturated heterocycles. The van der Waals surface area contributed by atoms with Crippen LogP contribution >= 0.6 is 0 Å². The van der Waals surface area contributed by atoms with Gasteiger partial charge in [0, 0.05) is 12.8 Å². The summed E-state index contributed by atoms with van der Waals surface area (Å²) in [6.07, 6.45) is 35.4. The second kappa shape index (κ2) is 36.5. The first-order chi connectivity index (χ1) is 24.3. The van der Waals surface area contributed by atoms with Gasteiger partial charge in [-0.3, -0.25) is 9.59 Å². The minimum absolute atomic E-state index is 0.0325. The number of aliphatic hydroxyl groups is 4. The highest BCUT2D eigenvalue weighted by atomic mass is 16.6. The molecule has 8 nitrogen and oxygen atoms in total. The molecule has 0 heterocycles. The van der Waals surface area contributed by atoms with Gasteiger partial charge in [-0.1, -0.05) is 178 Å². The molecule has 0 aromatic carbocycles. The van der Waals surface area contributed by atoms with Crippen molar-refractivity contribution in [2.24, 2.45) is 0 Å². The van der Waals surface area contributed by atoms with E-state index in [1.807, 2.05) is 6.08 Å². The number of ether oxygens (including phenoxy) is 2. The Hall–Kier alpha value is -2.26. The number of carbonyl (C=O) groups is 2. The average Bonchev–Trinajstić information content (AvgIpc) is 3.10. The fourth-order valence-electron chi connectivity index (χ4n) is 5.47. The fourth-order valence-corrected chi connectivity index (χ4v) is 5.47. The first kappa shape index (κ1) is 47.7. The molecule has 0 bridgehead atoms. The highest BCUT2D eigenvalue weighted by Gasteiger charge is 2.15. The van der Waals surface area contributed by atoms with Crippen molar-refractivity contribution in [1.29, 1.82) is 0 Å². The van der Waals surface area contributed by atoms with Gasteiger partial charge in [0.2, 0.25) is 0 Å². The molecular formula is C42H74O8. The minimum atomic E-state index is -1.09. The van der Waals surface area contributed by atoms with Crippen LogP contribution in [0.2, 0.25) is 0 Å². The van der Waals surface area contributed by atoms with Gasteiger partial charge in [0.25, 0.3) is 0 Å². The van der Waals surface area contributed by atoms with Crippen molar-refractivity contribution >= 4 is 11.9 Å². The molecule has 0 aliphatic rings. The van der Waals surface area contributed by atoms with Gasteiger partial charge in [0.1, 0.15) is 19.3 Å². The molecule has 0 aliphatic heterocycles. The number of hydrogen-bond acceptors (Lipinski definition) is 8. The minimum Gasteiger partial charge on any atom is -0.463 e. The molecule has 8 heteroatoms. The average molecular weight is 707 g/mol. The summed E-state index contributed by atoms with van der Waals surface area (Å²) in [5.41, 5.74) is 0. The van der Waals surface area contributed by atoms with Crippen molar-refractivity contribution in [2.75, 3.05) is 13.2 Å². The summed E-state index contributed by atoms with van der Waals surface area (Å²) in [7, 11) is 0. The van der Waals surface area contributed by atoms with Crippen molar-refractivity contribution in [1.82, 2.24) is 0 Å². The Morgan fingerprint density at radius 2 is 0.880 bits per heavy atom. The van der Waals surface area contributed by atoms with Gasteiger partial charge >= 0.3 is 11.9 Å². The Balaban J connectivity index is 3.76. The molecule has 0 fully saturated rings. The van der Waals surface area contributed by atoms with Crippen LogP contribution < -0.4 is 0 Å². The largest absolute Gasteiger partial charge is 0.463 e. The standard InChI is InChI=1S/C42H74O8/c1-3-5-7-8-9-10-11-12-13-14-15-16-17-18-23-27-33-41(47)49-35-38(44)36-50-42(48)34-28-32-40(46)39(45)31-26-22-20-19-21-25-30-37(43)29-24-6-4-2/h19-22,25-26,30-31,37-40,43-46H,3-18,23-24,27-29,32-36H2,1-2H3/b21-19-,22-20+,30-25+,31-26+/t37-,38+,39-,40-/m1/s1. The number of hydrogen-bond donors (Lipinski definition) is 4. The van der Waals surface area contributed by atoms with E-state index in [0.717, 1.165) is 44.9 Å². The molecule has 0 aromatic heterocycles. The van der Waals surface area contributed by atoms with Crippen LogP contribution in [0.1, 0.15) is 168 Å². The van der Waals surface area contributed by atoms with Gasteiger partial charge in [-0.05, 0) is 25.7 Å². The first-order valence-electron chi connectivity index (χ1n) is 20.0. The van der Waals surface area contributed by atoms with Crippen molar-refractivity contribution in [3.63, 3.8) is 0 Å². The maximum Gasteiger partial charge on any atom is 0.305 e. The van der Waals surface area contributed by atoms with Crippen molar-refractivity contribution in [3.8, 4) is 0 Å². The zero-order valence-corrected chi connectivity index (χ0v) is 31.7. The molecule has 0 aliphatic carbocycles. The highest BCUT2D eigenvalue weighted by Crippen LogP contribution is 2.14. The topological polar surface area (TPSA) is 134 Å². The summed E-state index contributed by atoms with van der Waals surface area (Å²) in [5.74, 6) is -0.881. The van der Waals surface area contributed by atoms with E-state index in [9.17, 15) is 30.0 Å². The van der Waals surface area contributed by atoms with E-state index in [-0.39, 0.29) is 32.0 Å². The molecule has 0 spiro atoms. The van der Waals surface area contributed by atoms with Crippen LogP contribution in [0.4, 0.5) is 0 Å². The molecular weight excluding hydrogens is 632 g/mol. The van der Waals surface area contributed by atoms with E-state index >= 15 is 0 Å². The predicted molar refractivity (Wildman–Crippen MR) is 205 cm³/mol. The Morgan fingerprint density at radius 1 is 0.480 bits per heavy atom. The smallest absolute Gasteiger partial charge is 0.305 e. The molecule has 0 amide bonds. The number of esters is 2. The lowest BCUT2D eigenvalue weighted by molar-refractivity contribution is -0.152. The van der Waals surface area contributed by atoms with Gasteiger partial charge in [-0.2, -0.15) is 0 Å². The predicted octanol–water partition coefficient (Wildman–Crippen LogP) is 9.14. The maximum absolute atomic E-state index is 12.0. The second-order valence-corrected chi connectivity index (χ2v) is 13.6. The van der Waals surface area contributed by atoms with Crippen molar-refractivity contribution in [3.05, 3.63) is 48.6 Å². The summed E-state index contributed by atoms with van der Waals surface area (Å²) in [5, 5.41) is 40.1. The quantitative estimate of drug-likeness (QED) is 0.0291. The number of allylic oxidation sites excluding steroid dienone is 6. The van der Waals surface area contributed by atoms with Gasteiger partial charge in [0.05, 0.1) is 18.3 Å². The number of rotatable bonds is 35. The maximum atomic E-state index is 12.0. The molecule has 0 rings (SSSR count). The molecule has 0 unspecified atom stereocenters. The van der Waals surface area contributed by atoms with Crippen LogP contribution in [0.15, 0.2) is 48.6 Å². The van der Waals surface area contributed by atoms with Crippen molar-refractivity contribution in [2.45, 2.75) is 192 Å². The third-order valence-corrected chi connectivity index (χ3v) is 8.68. The Kier molecular flexibility index (Phi) is 34.9. The lowest BCUT2D eigenvalue weighted by Gasteiger charge is -2.14. The summed E-state index contributed by atoms with van der Waals surface area (Å²) in [6.45, 7) is 3.91. The lowest BCUT2D eigenvalue weighted by atomic mass is 10.0. The summed E-state index contributed by atoms with van der Waals surface area (Å²) < 4.78 is 10.2. The molecule has 4 N–H and O–H groups in total. The van der Waals surface area contributed by atoms with Crippen LogP contribution in [0.25, 0.3) is 0 Å². The number of unbranched alkanes of at least 4 members (excludes halogenated alkanes) is 17. The monoisotopic (exact) mass is 707 g/mol. The van der Waals surface area contributed by atoms with E-state index < -0.39 is 30.4 Å². The molecule has 0 saturated carbocycles. The first-order valence-corrected chi connectivity index (χ1v) is 20.0. The fraction of sp³-hybridized carbons (Fsp3) is 0.762. The second-order valence-electron chi connectivity index (χ2n) is 13.6. The van der Waals surface area contributed by atoms with Gasteiger partial charge in [0.15, 0.2) is 0 Å². The van der Waals surface area contributed by atoms with Gasteiger partial charge < -0.3 is 29.9 Å². The summed E-state index contributed by atoms with van der Waals surface area (Å²) in [6, 6.07) is 0. The molecule has 0 aromatic rings. The van der Waals surface area contributed by atoms with E-state index in [2.05, 4.69) is 13.8 Å². The molecule has 0 radical (unpaired) electrons. The van der Waals surface area contributed by atoms with E-state index in [0.29, 0.717) is 12.8 Å². The number of carbonyl (C=O) groups excluding carboxylic acids is 2. The third kappa shape index (κ3) is 34.2. The van der Waals surface area contributed by atoms with E-state index in [1.165, 1.54) is 89.5 Å². The lowest BCUT2D eigenvalue weighted by Crippen LogP contribution is -2.26. The van der Waals surface area contributed by atoms with Crippen LogP contribution in [0.3, 0.4) is 0 Å². The zero-order valence-electron chi connectivity index (χ0n) is 31.7. The number of aliphatic hydroxyl groups excluding tert-OH is 4. The van der Waals surface area contributed by atoms with Gasteiger partial charge in [-0.15, -0.1) is 0 Å². The van der Waals surface area contributed by atoms with Crippen LogP contribution in [-0.2, 0) is 19.1 Å². The van der Waals surface area contributed by atoms with E-state index in [4.69, 9.17) is 9.47 Å². The van der Waals surface area contributed by atoms with Crippen LogP contribution in [-0.4, -0.2) is 70.0 Å². The molecule has 4 atom stereocenters. The summed E-state index contributed by atoms with van der Waals surface area (Å²) >= 11 is 0. The Bertz CT molecular complexity index is 896. The van der Waals surface area contributed by atoms with Crippen LogP contribution in [0, 0.1) is 0 Å². The SMILES string of the molecule is CCCCCCCCCCCCCCCCCCC(=O)OC[C@H](O)COC(=O)CCC[C@@H](O)[C@H](O)/C=C/C=C/C=C\C=C\[C@H](O)CCCCC. The molecule has 50 heavy (non-hydrogen) atoms. The van der Waals surface area contributed by atoms with E-state index in [1.54, 1.807) is 36.5 Å².